The van der Waals surface area contributed by atoms with Gasteiger partial charge in [-0.1, -0.05) is 5.21 Å². The Balaban J connectivity index is 2.86. The minimum absolute atomic E-state index is 0.0560. The maximum Gasteiger partial charge on any atom is 0.408 e. The lowest BCUT2D eigenvalue weighted by Gasteiger charge is -2.25. The lowest BCUT2D eigenvalue weighted by atomic mass is 10.1. The Morgan fingerprint density at radius 3 is 2.32 bits per heavy atom. The van der Waals surface area contributed by atoms with Crippen molar-refractivity contribution < 1.29 is 23.5 Å². The number of nitrogens with one attached hydrogen (secondary N) is 1. The molecule has 1 atom stereocenters. The lowest BCUT2D eigenvalue weighted by molar-refractivity contribution is -0.157. The summed E-state index contributed by atoms with van der Waals surface area (Å²) in [5.74, 6) is -0.613. The smallest absolute Gasteiger partial charge is 0.408 e. The predicted octanol–water partition coefficient (Wildman–Crippen LogP) is 2.03. The maximum atomic E-state index is 12.4. The topological polar surface area (TPSA) is 95.3 Å². The first-order chi connectivity index (χ1) is 11.4. The van der Waals surface area contributed by atoms with Gasteiger partial charge in [0.2, 0.25) is 0 Å². The second-order valence-corrected chi connectivity index (χ2v) is 7.60. The second kappa shape index (κ2) is 8.26. The number of rotatable bonds is 6. The van der Waals surface area contributed by atoms with Crippen LogP contribution in [0.4, 0.5) is 9.18 Å². The van der Waals surface area contributed by atoms with E-state index in [9.17, 15) is 14.0 Å². The van der Waals surface area contributed by atoms with E-state index in [2.05, 4.69) is 15.6 Å². The van der Waals surface area contributed by atoms with Crippen LogP contribution in [0.5, 0.6) is 0 Å². The lowest BCUT2D eigenvalue weighted by Crippen LogP contribution is -2.47. The number of alkyl halides is 1. The molecule has 0 aliphatic rings. The van der Waals surface area contributed by atoms with Gasteiger partial charge < -0.3 is 14.8 Å². The molecular weight excluding hydrogens is 330 g/mol. The molecule has 142 valence electrons. The van der Waals surface area contributed by atoms with Crippen LogP contribution in [0.2, 0.25) is 0 Å². The van der Waals surface area contributed by atoms with Gasteiger partial charge in [0.25, 0.3) is 0 Å². The van der Waals surface area contributed by atoms with Gasteiger partial charge in [-0.25, -0.2) is 18.7 Å². The highest BCUT2D eigenvalue weighted by Crippen LogP contribution is 2.12. The van der Waals surface area contributed by atoms with Crippen molar-refractivity contribution in [3.05, 3.63) is 11.9 Å². The third-order valence-corrected chi connectivity index (χ3v) is 2.70. The van der Waals surface area contributed by atoms with Crippen molar-refractivity contribution in [2.75, 3.05) is 6.67 Å². The first-order valence-corrected chi connectivity index (χ1v) is 8.07. The molecule has 0 radical (unpaired) electrons. The third kappa shape index (κ3) is 8.46. The molecule has 1 amide bonds. The number of aryl methyl sites for hydroxylation is 1. The number of hydrogen-bond donors (Lipinski definition) is 1. The molecule has 8 nitrogen and oxygen atoms in total. The van der Waals surface area contributed by atoms with Crippen LogP contribution >= 0.6 is 0 Å². The van der Waals surface area contributed by atoms with E-state index in [-0.39, 0.29) is 13.0 Å². The summed E-state index contributed by atoms with van der Waals surface area (Å²) >= 11 is 0. The first-order valence-electron chi connectivity index (χ1n) is 8.07. The normalized spacial score (nSPS) is 13.2. The average molecular weight is 357 g/mol. The molecule has 0 saturated carbocycles. The van der Waals surface area contributed by atoms with Gasteiger partial charge in [-0.2, -0.15) is 0 Å². The molecule has 9 heteroatoms. The molecule has 0 saturated heterocycles. The van der Waals surface area contributed by atoms with Crippen LogP contribution in [0.3, 0.4) is 0 Å². The Morgan fingerprint density at radius 2 is 1.80 bits per heavy atom. The minimum atomic E-state index is -0.996. The zero-order valence-corrected chi connectivity index (χ0v) is 15.6. The molecule has 0 unspecified atom stereocenters. The van der Waals surface area contributed by atoms with E-state index in [4.69, 9.17) is 9.47 Å². The van der Waals surface area contributed by atoms with Gasteiger partial charge in [0.05, 0.1) is 12.2 Å². The number of aromatic nitrogens is 3. The fraction of sp³-hybridized carbons (Fsp3) is 0.750. The van der Waals surface area contributed by atoms with Crippen molar-refractivity contribution in [2.45, 2.75) is 71.8 Å². The molecule has 0 fully saturated rings. The van der Waals surface area contributed by atoms with E-state index in [0.717, 1.165) is 0 Å². The second-order valence-electron chi connectivity index (χ2n) is 7.60. The molecule has 1 N–H and O–H groups in total. The molecule has 0 aliphatic carbocycles. The van der Waals surface area contributed by atoms with Gasteiger partial charge >= 0.3 is 12.1 Å². The summed E-state index contributed by atoms with van der Waals surface area (Å²) in [5, 5.41) is 10.1. The Morgan fingerprint density at radius 1 is 1.20 bits per heavy atom. The Hall–Kier alpha value is -2.19. The molecule has 1 rings (SSSR count). The van der Waals surface area contributed by atoms with Crippen LogP contribution < -0.4 is 5.32 Å². The molecule has 1 aromatic heterocycles. The van der Waals surface area contributed by atoms with Crippen molar-refractivity contribution in [2.24, 2.45) is 0 Å². The average Bonchev–Trinajstić information content (AvgIpc) is 2.81. The van der Waals surface area contributed by atoms with Crippen LogP contribution in [-0.4, -0.2) is 51.0 Å². The van der Waals surface area contributed by atoms with E-state index in [1.165, 1.54) is 10.9 Å². The summed E-state index contributed by atoms with van der Waals surface area (Å²) in [6, 6.07) is -0.996. The highest BCUT2D eigenvalue weighted by molar-refractivity contribution is 5.82. The zero-order chi connectivity index (χ0) is 19.3. The van der Waals surface area contributed by atoms with Gasteiger partial charge in [-0.15, -0.1) is 5.10 Å². The SMILES string of the molecule is CC(C)(C)OC(=O)N[C@@H](Cc1cn(CC[18F])nn1)C(=O)OC(C)(C)C. The zero-order valence-electron chi connectivity index (χ0n) is 15.6. The quantitative estimate of drug-likeness (QED) is 0.783. The highest BCUT2D eigenvalue weighted by Gasteiger charge is 2.29. The van der Waals surface area contributed by atoms with Crippen LogP contribution in [-0.2, 0) is 27.2 Å². The van der Waals surface area contributed by atoms with E-state index < -0.39 is 36.0 Å². The van der Waals surface area contributed by atoms with E-state index in [1.807, 2.05) is 0 Å². The fourth-order valence-electron chi connectivity index (χ4n) is 1.85. The summed E-state index contributed by atoms with van der Waals surface area (Å²) in [7, 11) is 0. The number of alkyl carbamates (subject to hydrolysis) is 1. The first kappa shape index (κ1) is 20.9. The Kier molecular flexibility index (Phi) is 6.89. The number of halogens is 1. The summed E-state index contributed by atoms with van der Waals surface area (Å²) < 4.78 is 24.2. The molecule has 0 bridgehead atoms. The van der Waals surface area contributed by atoms with Gasteiger partial charge in [-0.3, -0.25) is 0 Å². The third-order valence-electron chi connectivity index (χ3n) is 2.70. The fourth-order valence-corrected chi connectivity index (χ4v) is 1.85. The Labute approximate surface area is 147 Å². The van der Waals surface area contributed by atoms with Crippen molar-refractivity contribution in [3.8, 4) is 0 Å². The largest absolute Gasteiger partial charge is 0.458 e. The summed E-state index contributed by atoms with van der Waals surface area (Å²) in [6.45, 7) is 9.85. The van der Waals surface area contributed by atoms with E-state index in [0.29, 0.717) is 5.69 Å². The minimum Gasteiger partial charge on any atom is -0.458 e. The van der Waals surface area contributed by atoms with Crippen LogP contribution in [0.15, 0.2) is 6.20 Å². The predicted molar refractivity (Wildman–Crippen MR) is 88.7 cm³/mol. The number of esters is 1. The molecular formula is C16H27FN4O4. The van der Waals surface area contributed by atoms with Gasteiger partial charge in [0.15, 0.2) is 0 Å². The highest BCUT2D eigenvalue weighted by atomic mass is 18.2. The van der Waals surface area contributed by atoms with Gasteiger partial charge in [0, 0.05) is 12.6 Å². The molecule has 0 aliphatic heterocycles. The summed E-state index contributed by atoms with van der Waals surface area (Å²) in [4.78, 5) is 24.4. The standard InChI is InChI=1S/C16H27FN4O4/c1-15(2,3)24-13(22)12(18-14(23)25-16(4,5)6)9-11-10-21(8-7-17)20-19-11/h10,12H,7-9H2,1-6H3,(H,18,23)/t12-/m0/s1/i17-1. The van der Waals surface area contributed by atoms with E-state index in [1.54, 1.807) is 41.5 Å². The van der Waals surface area contributed by atoms with Crippen LogP contribution in [0, 0.1) is 0 Å². The van der Waals surface area contributed by atoms with Crippen molar-refractivity contribution in [3.63, 3.8) is 0 Å². The number of carbonyl (C=O) groups is 2. The number of ether oxygens (including phenoxy) is 2. The molecule has 25 heavy (non-hydrogen) atoms. The summed E-state index contributed by atoms with van der Waals surface area (Å²) in [6.07, 6.45) is 0.841. The maximum absolute atomic E-state index is 12.4. The summed E-state index contributed by atoms with van der Waals surface area (Å²) in [5.41, 5.74) is -0.982. The van der Waals surface area contributed by atoms with Gasteiger partial charge in [0.1, 0.15) is 23.9 Å². The molecule has 1 heterocycles. The number of carbonyl (C=O) groups excluding carboxylic acids is 2. The van der Waals surface area contributed by atoms with Crippen molar-refractivity contribution in [1.82, 2.24) is 20.3 Å². The monoisotopic (exact) mass is 357 g/mol. The molecule has 1 aromatic rings. The molecule has 0 aromatic carbocycles. The number of amides is 1. The number of nitrogens with zero attached hydrogens (tertiary/aromatic N) is 3. The van der Waals surface area contributed by atoms with Crippen molar-refractivity contribution in [1.29, 1.82) is 0 Å². The number of hydrogen-bond acceptors (Lipinski definition) is 6. The Bertz CT molecular complexity index is 590. The van der Waals surface area contributed by atoms with Crippen molar-refractivity contribution >= 4 is 12.1 Å². The van der Waals surface area contributed by atoms with Gasteiger partial charge in [-0.05, 0) is 41.5 Å². The molecule has 0 spiro atoms. The van der Waals surface area contributed by atoms with E-state index >= 15 is 0 Å². The van der Waals surface area contributed by atoms with Crippen LogP contribution in [0.25, 0.3) is 0 Å². The van der Waals surface area contributed by atoms with Crippen LogP contribution in [0.1, 0.15) is 47.2 Å².